The second-order valence-corrected chi connectivity index (χ2v) is 11.0. The molecule has 202 valence electrons. The molecule has 0 bridgehead atoms. The monoisotopic (exact) mass is 530 g/mol. The van der Waals surface area contributed by atoms with E-state index in [2.05, 4.69) is 9.97 Å². The summed E-state index contributed by atoms with van der Waals surface area (Å²) >= 11 is 0. The Balaban J connectivity index is 1.67. The summed E-state index contributed by atoms with van der Waals surface area (Å²) in [7, 11) is 0.337. The maximum Gasteiger partial charge on any atom is 0.501 e. The van der Waals surface area contributed by atoms with Crippen LogP contribution in [-0.4, -0.2) is 64.5 Å². The summed E-state index contributed by atoms with van der Waals surface area (Å²) in [6.07, 6.45) is 0.774. The van der Waals surface area contributed by atoms with Crippen molar-refractivity contribution in [2.24, 2.45) is 0 Å². The van der Waals surface area contributed by atoms with Crippen molar-refractivity contribution in [3.63, 3.8) is 0 Å². The Morgan fingerprint density at radius 2 is 1.43 bits per heavy atom. The molecule has 3 aromatic rings. The maximum absolute atomic E-state index is 10.2. The van der Waals surface area contributed by atoms with Gasteiger partial charge in [0.1, 0.15) is 11.6 Å². The second kappa shape index (κ2) is 13.5. The third-order valence-corrected chi connectivity index (χ3v) is 8.92. The number of phenolic OH excluding ortho intramolecular Hbond substituents is 1. The molecule has 0 unspecified atom stereocenters. The maximum atomic E-state index is 10.2. The summed E-state index contributed by atoms with van der Waals surface area (Å²) in [5.41, 5.74) is 3.47. The normalized spacial score (nSPS) is 11.5. The average Bonchev–Trinajstić information content (AvgIpc) is 3.29. The fraction of sp³-hybridized carbons (Fsp3) is 0.444. The number of aromatic amines is 1. The highest BCUT2D eigenvalue weighted by atomic mass is 28.4. The number of aromatic hydroxyl groups is 1. The van der Waals surface area contributed by atoms with Crippen LogP contribution in [0, 0.1) is 6.92 Å². The number of nitrogens with one attached hydrogen (secondary N) is 1. The molecule has 9 nitrogen and oxygen atoms in total. The Morgan fingerprint density at radius 3 is 1.95 bits per heavy atom. The molecule has 0 aliphatic rings. The zero-order chi connectivity index (χ0) is 26.8. The summed E-state index contributed by atoms with van der Waals surface area (Å²) in [6.45, 7) is 10.1. The van der Waals surface area contributed by atoms with Gasteiger partial charge in [-0.2, -0.15) is 0 Å². The smallest absolute Gasteiger partial charge is 0.501 e. The summed E-state index contributed by atoms with van der Waals surface area (Å²) in [4.78, 5) is 8.06. The lowest BCUT2D eigenvalue weighted by molar-refractivity contribution is 0.0696. The van der Waals surface area contributed by atoms with Gasteiger partial charge in [-0.05, 0) is 70.5 Å². The van der Waals surface area contributed by atoms with Gasteiger partial charge in [0.25, 0.3) is 0 Å². The predicted molar refractivity (Wildman–Crippen MR) is 145 cm³/mol. The van der Waals surface area contributed by atoms with Crippen molar-refractivity contribution in [1.82, 2.24) is 9.97 Å². The zero-order valence-electron chi connectivity index (χ0n) is 22.6. The van der Waals surface area contributed by atoms with E-state index in [1.807, 2.05) is 52.0 Å². The van der Waals surface area contributed by atoms with Gasteiger partial charge in [0.2, 0.25) is 5.75 Å². The molecule has 1 heterocycles. The molecular weight excluding hydrogens is 492 g/mol. The summed E-state index contributed by atoms with van der Waals surface area (Å²) in [6, 6.07) is 12.0. The number of aryl methyl sites for hydroxylation is 1. The van der Waals surface area contributed by atoms with E-state index < -0.39 is 8.80 Å². The van der Waals surface area contributed by atoms with Crippen LogP contribution >= 0.6 is 0 Å². The van der Waals surface area contributed by atoms with Crippen molar-refractivity contribution in [2.45, 2.75) is 40.2 Å². The molecule has 0 saturated heterocycles. The van der Waals surface area contributed by atoms with Crippen LogP contribution in [0.2, 0.25) is 6.04 Å². The van der Waals surface area contributed by atoms with Gasteiger partial charge >= 0.3 is 8.80 Å². The number of hydrogen-bond donors (Lipinski definition) is 2. The zero-order valence-corrected chi connectivity index (χ0v) is 23.6. The van der Waals surface area contributed by atoms with Gasteiger partial charge in [0.15, 0.2) is 11.5 Å². The molecule has 0 spiro atoms. The molecule has 0 saturated carbocycles. The van der Waals surface area contributed by atoms with E-state index in [4.69, 9.17) is 27.5 Å². The van der Waals surface area contributed by atoms with Gasteiger partial charge in [-0.25, -0.2) is 4.98 Å². The molecule has 37 heavy (non-hydrogen) atoms. The third-order valence-electron chi connectivity index (χ3n) is 5.77. The molecule has 10 heteroatoms. The molecular formula is C27H38N2O7Si. The van der Waals surface area contributed by atoms with Gasteiger partial charge in [-0.3, -0.25) is 0 Å². The molecule has 0 amide bonds. The van der Waals surface area contributed by atoms with Crippen molar-refractivity contribution in [1.29, 1.82) is 0 Å². The summed E-state index contributed by atoms with van der Waals surface area (Å²) < 4.78 is 34.2. The van der Waals surface area contributed by atoms with E-state index in [0.717, 1.165) is 34.7 Å². The van der Waals surface area contributed by atoms with Crippen LogP contribution in [0.3, 0.4) is 0 Å². The molecule has 0 radical (unpaired) electrons. The Morgan fingerprint density at radius 1 is 0.865 bits per heavy atom. The number of ether oxygens (including phenoxy) is 3. The van der Waals surface area contributed by atoms with Gasteiger partial charge in [-0.1, -0.05) is 0 Å². The molecule has 1 aromatic heterocycles. The molecule has 2 aromatic carbocycles. The third kappa shape index (κ3) is 7.04. The number of methoxy groups -OCH3 is 2. The van der Waals surface area contributed by atoms with E-state index in [1.54, 1.807) is 12.1 Å². The Labute approximate surface area is 220 Å². The molecule has 3 rings (SSSR count). The van der Waals surface area contributed by atoms with Crippen molar-refractivity contribution in [3.8, 4) is 45.6 Å². The highest BCUT2D eigenvalue weighted by Crippen LogP contribution is 2.40. The molecule has 0 aliphatic carbocycles. The number of hydrogen-bond acceptors (Lipinski definition) is 8. The first-order valence-corrected chi connectivity index (χ1v) is 14.5. The van der Waals surface area contributed by atoms with Crippen molar-refractivity contribution in [2.75, 3.05) is 40.6 Å². The average molecular weight is 531 g/mol. The van der Waals surface area contributed by atoms with E-state index in [-0.39, 0.29) is 5.75 Å². The number of aromatic nitrogens is 2. The lowest BCUT2D eigenvalue weighted by atomic mass is 10.1. The number of phenols is 1. The molecule has 0 aliphatic heterocycles. The number of H-pyrrole nitrogens is 1. The van der Waals surface area contributed by atoms with E-state index >= 15 is 0 Å². The Bertz CT molecular complexity index is 1090. The van der Waals surface area contributed by atoms with Crippen LogP contribution in [0.4, 0.5) is 0 Å². The first kappa shape index (κ1) is 28.5. The fourth-order valence-electron chi connectivity index (χ4n) is 4.11. The minimum Gasteiger partial charge on any atom is -0.502 e. The van der Waals surface area contributed by atoms with Crippen molar-refractivity contribution in [3.05, 3.63) is 42.1 Å². The standard InChI is InChI=1S/C27H38N2O7Si/c1-7-34-37(35-8-2,36-9-3)16-10-15-33-22-13-11-20(12-14-22)25-19(4)28-27(29-25)21-17-23(31-5)26(30)24(18-21)32-6/h11-14,17-18,30H,7-10,15-16H2,1-6H3,(H,28,29). The topological polar surface area (TPSA) is 104 Å². The largest absolute Gasteiger partial charge is 0.502 e. The Kier molecular flexibility index (Phi) is 10.4. The highest BCUT2D eigenvalue weighted by molar-refractivity contribution is 6.60. The summed E-state index contributed by atoms with van der Waals surface area (Å²) in [5, 5.41) is 10.2. The van der Waals surface area contributed by atoms with Gasteiger partial charge in [0.05, 0.1) is 32.2 Å². The van der Waals surface area contributed by atoms with Crippen LogP contribution in [0.25, 0.3) is 22.6 Å². The van der Waals surface area contributed by atoms with Crippen LogP contribution in [0.15, 0.2) is 36.4 Å². The van der Waals surface area contributed by atoms with E-state index in [0.29, 0.717) is 49.8 Å². The minimum absolute atomic E-state index is 0.0467. The highest BCUT2D eigenvalue weighted by Gasteiger charge is 2.39. The van der Waals surface area contributed by atoms with Gasteiger partial charge in [0, 0.05) is 37.0 Å². The molecule has 0 atom stereocenters. The number of rotatable bonds is 15. The minimum atomic E-state index is -2.65. The van der Waals surface area contributed by atoms with Crippen LogP contribution in [-0.2, 0) is 13.3 Å². The number of imidazole rings is 1. The lowest BCUT2D eigenvalue weighted by Gasteiger charge is -2.28. The Hall–Kier alpha value is -3.05. The molecule has 0 fully saturated rings. The van der Waals surface area contributed by atoms with Crippen LogP contribution < -0.4 is 14.2 Å². The van der Waals surface area contributed by atoms with E-state index in [9.17, 15) is 5.11 Å². The summed E-state index contributed by atoms with van der Waals surface area (Å²) in [5.74, 6) is 2.01. The number of benzene rings is 2. The van der Waals surface area contributed by atoms with Crippen LogP contribution in [0.5, 0.6) is 23.0 Å². The lowest BCUT2D eigenvalue weighted by Crippen LogP contribution is -2.46. The quantitative estimate of drug-likeness (QED) is 0.194. The first-order valence-electron chi connectivity index (χ1n) is 12.6. The predicted octanol–water partition coefficient (Wildman–Crippen LogP) is 5.59. The first-order chi connectivity index (χ1) is 17.9. The second-order valence-electron chi connectivity index (χ2n) is 8.23. The van der Waals surface area contributed by atoms with E-state index in [1.165, 1.54) is 14.2 Å². The molecule has 2 N–H and O–H groups in total. The van der Waals surface area contributed by atoms with Crippen LogP contribution in [0.1, 0.15) is 32.9 Å². The van der Waals surface area contributed by atoms with Gasteiger partial charge < -0.3 is 37.6 Å². The number of nitrogens with zero attached hydrogens (tertiary/aromatic N) is 1. The van der Waals surface area contributed by atoms with Crippen molar-refractivity contribution < 1.29 is 32.6 Å². The SMILES string of the molecule is CCO[Si](CCCOc1ccc(-c2[nH]c(-c3cc(OC)c(O)c(OC)c3)nc2C)cc1)(OCC)OCC. The fourth-order valence-corrected chi connectivity index (χ4v) is 6.69. The van der Waals surface area contributed by atoms with Crippen molar-refractivity contribution >= 4 is 8.80 Å². The van der Waals surface area contributed by atoms with Gasteiger partial charge in [-0.15, -0.1) is 0 Å².